The van der Waals surface area contributed by atoms with Crippen LogP contribution in [0.1, 0.15) is 51.2 Å². The van der Waals surface area contributed by atoms with E-state index in [9.17, 15) is 0 Å². The molecule has 0 atom stereocenters. The van der Waals surface area contributed by atoms with Crippen LogP contribution < -0.4 is 2.66 Å². The molecule has 0 N–H and O–H groups in total. The van der Waals surface area contributed by atoms with Crippen LogP contribution in [0.2, 0.25) is 0 Å². The molecule has 0 aliphatic heterocycles. The molecule has 0 aliphatic rings. The van der Waals surface area contributed by atoms with Crippen molar-refractivity contribution in [3.05, 3.63) is 29.3 Å². The van der Waals surface area contributed by atoms with Crippen molar-refractivity contribution in [2.45, 2.75) is 47.0 Å². The predicted molar refractivity (Wildman–Crippen MR) is 69.6 cm³/mol. The van der Waals surface area contributed by atoms with Gasteiger partial charge in [0.1, 0.15) is 0 Å². The number of benzene rings is 1. The van der Waals surface area contributed by atoms with Gasteiger partial charge in [0.2, 0.25) is 0 Å². The number of hydrogen-bond acceptors (Lipinski definition) is 1. The Morgan fingerprint density at radius 2 is 1.75 bits per heavy atom. The van der Waals surface area contributed by atoms with E-state index in [-0.39, 0.29) is 0 Å². The van der Waals surface area contributed by atoms with Gasteiger partial charge in [0.25, 0.3) is 0 Å². The van der Waals surface area contributed by atoms with Gasteiger partial charge in [0.05, 0.1) is 0 Å². The monoisotopic (exact) mass is 408 g/mol. The van der Waals surface area contributed by atoms with Gasteiger partial charge in [-0.3, -0.25) is 0 Å². The first-order valence-electron chi connectivity index (χ1n) is 6.09. The van der Waals surface area contributed by atoms with E-state index < -0.39 is 0 Å². The van der Waals surface area contributed by atoms with Crippen molar-refractivity contribution in [2.24, 2.45) is 0 Å². The average Bonchev–Trinajstić information content (AvgIpc) is 2.17. The van der Waals surface area contributed by atoms with Crippen LogP contribution in [0, 0.1) is 6.92 Å². The Labute approximate surface area is 118 Å². The molecule has 0 unspecified atom stereocenters. The molecule has 2 heteroatoms. The fourth-order valence-corrected chi connectivity index (χ4v) is 3.35. The second-order valence-electron chi connectivity index (χ2n) is 4.57. The van der Waals surface area contributed by atoms with Gasteiger partial charge in [-0.25, -0.2) is 0 Å². The quantitative estimate of drug-likeness (QED) is 0.656. The summed E-state index contributed by atoms with van der Waals surface area (Å²) in [5.41, 5.74) is 4.35. The Hall–Kier alpha value is -0.0449. The topological polar surface area (TPSA) is 3.24 Å². The Kier molecular flexibility index (Phi) is 8.08. The summed E-state index contributed by atoms with van der Waals surface area (Å²) < 4.78 is 2.39. The Balaban J connectivity index is 0.000000673. The molecule has 1 rings (SSSR count). The van der Waals surface area contributed by atoms with Crippen molar-refractivity contribution < 1.29 is 26.4 Å². The number of para-hydroxylation sites is 1. The van der Waals surface area contributed by atoms with E-state index in [0.717, 1.165) is 0 Å². The third-order valence-corrected chi connectivity index (χ3v) is 3.50. The summed E-state index contributed by atoms with van der Waals surface area (Å²) >= 11 is 0.674. The zero-order valence-electron chi connectivity index (χ0n) is 11.7. The van der Waals surface area contributed by atoms with E-state index in [1.807, 2.05) is 0 Å². The fraction of sp³-hybridized carbons (Fsp3) is 0.571. The first kappa shape index (κ1) is 16.0. The van der Waals surface area contributed by atoms with Crippen molar-refractivity contribution in [2.75, 3.05) is 9.71 Å². The van der Waals surface area contributed by atoms with Crippen molar-refractivity contribution in [1.82, 2.24) is 0 Å². The van der Waals surface area contributed by atoms with Gasteiger partial charge in [-0.1, -0.05) is 20.3 Å². The first-order chi connectivity index (χ1) is 7.45. The van der Waals surface area contributed by atoms with E-state index in [2.05, 4.69) is 62.5 Å². The molecule has 1 aromatic rings. The van der Waals surface area contributed by atoms with Crippen molar-refractivity contribution in [1.29, 1.82) is 0 Å². The standard InChI is InChI=1S/C11H16N.C3H8.Hg/c1-8(2)10-7-5-6-9(3)11(10)12-4;1-3-2;/h5-8H,1-4H3;3H2,1-2H3;/q-1;;+1. The van der Waals surface area contributed by atoms with Gasteiger partial charge in [0.15, 0.2) is 0 Å². The summed E-state index contributed by atoms with van der Waals surface area (Å²) in [6.45, 7) is 11.0. The normalized spacial score (nSPS) is 9.81. The second-order valence-corrected chi connectivity index (χ2v) is 8.26. The summed E-state index contributed by atoms with van der Waals surface area (Å²) in [5, 5.41) is 0. The molecule has 1 aromatic carbocycles. The zero-order chi connectivity index (χ0) is 12.7. The predicted octanol–water partition coefficient (Wildman–Crippen LogP) is 4.43. The van der Waals surface area contributed by atoms with Crippen LogP contribution in [-0.4, -0.2) is 7.05 Å². The Morgan fingerprint density at radius 1 is 1.25 bits per heavy atom. The Bertz CT molecular complexity index is 306. The molecule has 0 spiro atoms. The zero-order valence-corrected chi connectivity index (χ0v) is 17.2. The molecule has 87 valence electrons. The van der Waals surface area contributed by atoms with Crippen LogP contribution in [-0.2, 0) is 26.4 Å². The third kappa shape index (κ3) is 4.86. The molecule has 0 aliphatic carbocycles. The molecule has 0 amide bonds. The minimum atomic E-state index is 0.626. The van der Waals surface area contributed by atoms with Gasteiger partial charge >= 0.3 is 97.8 Å². The molecule has 0 heterocycles. The van der Waals surface area contributed by atoms with E-state index in [4.69, 9.17) is 0 Å². The minimum absolute atomic E-state index is 0.626. The van der Waals surface area contributed by atoms with Crippen LogP contribution in [0.15, 0.2) is 18.2 Å². The van der Waals surface area contributed by atoms with Crippen LogP contribution in [0.3, 0.4) is 0 Å². The van der Waals surface area contributed by atoms with Crippen LogP contribution >= 0.6 is 0 Å². The number of anilines is 1. The number of rotatable bonds is 2. The van der Waals surface area contributed by atoms with Crippen molar-refractivity contribution >= 4 is 5.69 Å². The SMILES string of the molecule is CCC.Cc1cccc(C(C)C)c1[N](C)[Hg]. The summed E-state index contributed by atoms with van der Waals surface area (Å²) in [6, 6.07) is 6.60. The Morgan fingerprint density at radius 3 is 2.06 bits per heavy atom. The summed E-state index contributed by atoms with van der Waals surface area (Å²) in [5.74, 6) is 0.626. The molecule has 1 nitrogen and oxygen atoms in total. The van der Waals surface area contributed by atoms with E-state index in [0.29, 0.717) is 32.3 Å². The third-order valence-electron chi connectivity index (χ3n) is 2.27. The molecule has 0 saturated heterocycles. The molecule has 0 saturated carbocycles. The molecule has 0 bridgehead atoms. The summed E-state index contributed by atoms with van der Waals surface area (Å²) in [7, 11) is 2.19. The van der Waals surface area contributed by atoms with E-state index in [1.165, 1.54) is 23.2 Å². The van der Waals surface area contributed by atoms with Gasteiger partial charge in [-0.15, -0.1) is 0 Å². The number of hydrogen-bond donors (Lipinski definition) is 0. The molecule has 0 fully saturated rings. The number of aryl methyl sites for hydroxylation is 1. The van der Waals surface area contributed by atoms with Gasteiger partial charge in [0, 0.05) is 0 Å². The average molecular weight is 407 g/mol. The summed E-state index contributed by atoms with van der Waals surface area (Å²) in [4.78, 5) is 0. The maximum absolute atomic E-state index is 2.39. The van der Waals surface area contributed by atoms with Crippen LogP contribution in [0.5, 0.6) is 0 Å². The molecular formula is C14H24HgN. The maximum atomic E-state index is 2.39. The summed E-state index contributed by atoms with van der Waals surface area (Å²) in [6.07, 6.45) is 1.25. The fourth-order valence-electron chi connectivity index (χ4n) is 1.67. The molecule has 0 aromatic heterocycles. The van der Waals surface area contributed by atoms with Gasteiger partial charge in [-0.05, 0) is 0 Å². The molecule has 16 heavy (non-hydrogen) atoms. The van der Waals surface area contributed by atoms with E-state index >= 15 is 0 Å². The van der Waals surface area contributed by atoms with Crippen molar-refractivity contribution in [3.8, 4) is 0 Å². The number of nitrogens with zero attached hydrogens (tertiary/aromatic N) is 1. The van der Waals surface area contributed by atoms with Gasteiger partial charge < -0.3 is 0 Å². The molecular weight excluding hydrogens is 383 g/mol. The second kappa shape index (κ2) is 8.11. The van der Waals surface area contributed by atoms with Crippen molar-refractivity contribution in [3.63, 3.8) is 0 Å². The van der Waals surface area contributed by atoms with Gasteiger partial charge in [-0.2, -0.15) is 0 Å². The van der Waals surface area contributed by atoms with E-state index in [1.54, 1.807) is 0 Å². The van der Waals surface area contributed by atoms with Crippen LogP contribution in [0.25, 0.3) is 0 Å². The van der Waals surface area contributed by atoms with Crippen LogP contribution in [0.4, 0.5) is 5.69 Å². The first-order valence-corrected chi connectivity index (χ1v) is 8.55. The molecule has 0 radical (unpaired) electrons.